The Bertz CT molecular complexity index is 960. The number of nitrogens with zero attached hydrogens (tertiary/aromatic N) is 2. The molecule has 2 aromatic rings. The van der Waals surface area contributed by atoms with Gasteiger partial charge in [-0.25, -0.2) is 9.79 Å². The smallest absolute Gasteiger partial charge is 0.341 e. The standard InChI is InChI=1S/C18H20N4O5/c1-9(2)20-18(27)19-8-10-4-3-5-11-14(10)17(26)22(16(11)25)12-6-7-13(23)21-15(12)24/h3-5,8-9,12,25-26H,6-7H2,1-2H3,(H,20,27)(H,21,23,24). The molecule has 1 aromatic carbocycles. The first kappa shape index (κ1) is 18.4. The highest BCUT2D eigenvalue weighted by Crippen LogP contribution is 2.41. The van der Waals surface area contributed by atoms with Crippen LogP contribution in [0, 0.1) is 0 Å². The average molecular weight is 372 g/mol. The van der Waals surface area contributed by atoms with Crippen LogP contribution in [0.25, 0.3) is 10.8 Å². The summed E-state index contributed by atoms with van der Waals surface area (Å²) in [6.45, 7) is 3.61. The van der Waals surface area contributed by atoms with E-state index in [1.807, 2.05) is 0 Å². The number of piperidine rings is 1. The van der Waals surface area contributed by atoms with Crippen molar-refractivity contribution >= 4 is 34.8 Å². The van der Waals surface area contributed by atoms with Gasteiger partial charge in [-0.1, -0.05) is 12.1 Å². The van der Waals surface area contributed by atoms with Crippen molar-refractivity contribution in [2.45, 2.75) is 38.8 Å². The molecule has 1 fully saturated rings. The van der Waals surface area contributed by atoms with Crippen molar-refractivity contribution in [3.05, 3.63) is 23.8 Å². The van der Waals surface area contributed by atoms with Crippen molar-refractivity contribution in [3.63, 3.8) is 0 Å². The molecule has 1 unspecified atom stereocenters. The number of fused-ring (bicyclic) bond motifs is 1. The summed E-state index contributed by atoms with van der Waals surface area (Å²) in [6.07, 6.45) is 1.55. The molecule has 3 rings (SSSR count). The molecule has 1 saturated heterocycles. The fourth-order valence-electron chi connectivity index (χ4n) is 3.10. The van der Waals surface area contributed by atoms with Crippen LogP contribution in [0.2, 0.25) is 0 Å². The van der Waals surface area contributed by atoms with Crippen LogP contribution < -0.4 is 10.6 Å². The summed E-state index contributed by atoms with van der Waals surface area (Å²) >= 11 is 0. The first-order chi connectivity index (χ1) is 12.8. The number of benzene rings is 1. The first-order valence-corrected chi connectivity index (χ1v) is 8.52. The summed E-state index contributed by atoms with van der Waals surface area (Å²) in [5.74, 6) is -1.61. The molecule has 0 bridgehead atoms. The number of carbonyl (C=O) groups excluding carboxylic acids is 3. The van der Waals surface area contributed by atoms with Crippen LogP contribution in [-0.4, -0.2) is 44.9 Å². The number of urea groups is 1. The summed E-state index contributed by atoms with van der Waals surface area (Å²) in [7, 11) is 0. The summed E-state index contributed by atoms with van der Waals surface area (Å²) < 4.78 is 1.10. The van der Waals surface area contributed by atoms with E-state index in [-0.39, 0.29) is 36.0 Å². The Morgan fingerprint density at radius 2 is 2.07 bits per heavy atom. The maximum atomic E-state index is 12.1. The van der Waals surface area contributed by atoms with Crippen LogP contribution in [0.4, 0.5) is 4.79 Å². The number of amides is 4. The summed E-state index contributed by atoms with van der Waals surface area (Å²) in [6, 6.07) is 3.33. The van der Waals surface area contributed by atoms with E-state index in [9.17, 15) is 24.6 Å². The highest BCUT2D eigenvalue weighted by atomic mass is 16.3. The molecule has 4 N–H and O–H groups in total. The number of aromatic hydroxyl groups is 2. The molecule has 0 aliphatic carbocycles. The zero-order chi connectivity index (χ0) is 19.7. The minimum absolute atomic E-state index is 0.0727. The van der Waals surface area contributed by atoms with Crippen LogP contribution in [0.1, 0.15) is 38.3 Å². The van der Waals surface area contributed by atoms with Crippen molar-refractivity contribution in [1.82, 2.24) is 15.2 Å². The van der Waals surface area contributed by atoms with Crippen LogP contribution in [0.15, 0.2) is 23.2 Å². The van der Waals surface area contributed by atoms with E-state index in [2.05, 4.69) is 15.6 Å². The zero-order valence-corrected chi connectivity index (χ0v) is 14.9. The summed E-state index contributed by atoms with van der Waals surface area (Å²) in [4.78, 5) is 39.0. The third-order valence-electron chi connectivity index (χ3n) is 4.27. The monoisotopic (exact) mass is 372 g/mol. The predicted molar refractivity (Wildman–Crippen MR) is 98.0 cm³/mol. The van der Waals surface area contributed by atoms with Gasteiger partial charge in [0.25, 0.3) is 0 Å². The van der Waals surface area contributed by atoms with Crippen molar-refractivity contribution < 1.29 is 24.6 Å². The van der Waals surface area contributed by atoms with Gasteiger partial charge in [-0.2, -0.15) is 0 Å². The Morgan fingerprint density at radius 3 is 2.74 bits per heavy atom. The van der Waals surface area contributed by atoms with Gasteiger partial charge in [0.2, 0.25) is 23.6 Å². The molecule has 1 aliphatic heterocycles. The highest BCUT2D eigenvalue weighted by Gasteiger charge is 2.33. The van der Waals surface area contributed by atoms with E-state index in [4.69, 9.17) is 0 Å². The molecular formula is C18H20N4O5. The van der Waals surface area contributed by atoms with Crippen LogP contribution in [0.3, 0.4) is 0 Å². The Morgan fingerprint density at radius 1 is 1.33 bits per heavy atom. The molecule has 2 heterocycles. The van der Waals surface area contributed by atoms with E-state index in [1.54, 1.807) is 32.0 Å². The van der Waals surface area contributed by atoms with Crippen molar-refractivity contribution in [1.29, 1.82) is 0 Å². The molecule has 4 amide bonds. The van der Waals surface area contributed by atoms with Crippen molar-refractivity contribution in [3.8, 4) is 11.8 Å². The SMILES string of the molecule is CC(C)NC(=O)N=Cc1cccc2c(O)n(C3CCC(=O)NC3=O)c(O)c12. The molecule has 1 aliphatic rings. The Hall–Kier alpha value is -3.36. The van der Waals surface area contributed by atoms with E-state index >= 15 is 0 Å². The van der Waals surface area contributed by atoms with Crippen LogP contribution in [0.5, 0.6) is 11.8 Å². The third-order valence-corrected chi connectivity index (χ3v) is 4.27. The van der Waals surface area contributed by atoms with Gasteiger partial charge in [0.05, 0.1) is 5.39 Å². The summed E-state index contributed by atoms with van der Waals surface area (Å²) in [5.41, 5.74) is 0.408. The number of nitrogens with one attached hydrogen (secondary N) is 2. The second kappa shape index (κ2) is 7.10. The third kappa shape index (κ3) is 3.48. The zero-order valence-electron chi connectivity index (χ0n) is 14.9. The van der Waals surface area contributed by atoms with Gasteiger partial charge in [-0.15, -0.1) is 0 Å². The maximum absolute atomic E-state index is 12.1. The largest absolute Gasteiger partial charge is 0.494 e. The second-order valence-electron chi connectivity index (χ2n) is 6.62. The predicted octanol–water partition coefficient (Wildman–Crippen LogP) is 1.57. The Kier molecular flexibility index (Phi) is 4.85. The molecule has 27 heavy (non-hydrogen) atoms. The lowest BCUT2D eigenvalue weighted by molar-refractivity contribution is -0.135. The lowest BCUT2D eigenvalue weighted by Crippen LogP contribution is -2.41. The van der Waals surface area contributed by atoms with Gasteiger partial charge in [0.15, 0.2) is 0 Å². The van der Waals surface area contributed by atoms with Gasteiger partial charge < -0.3 is 15.5 Å². The number of hydrogen-bond acceptors (Lipinski definition) is 5. The quantitative estimate of drug-likeness (QED) is 0.479. The summed E-state index contributed by atoms with van der Waals surface area (Å²) in [5, 5.41) is 26.6. The first-order valence-electron chi connectivity index (χ1n) is 8.52. The molecule has 142 valence electrons. The molecule has 0 saturated carbocycles. The topological polar surface area (TPSA) is 133 Å². The van der Waals surface area contributed by atoms with E-state index in [1.165, 1.54) is 6.21 Å². The van der Waals surface area contributed by atoms with Crippen molar-refractivity contribution in [2.24, 2.45) is 4.99 Å². The molecule has 0 radical (unpaired) electrons. The molecule has 1 atom stereocenters. The number of aromatic nitrogens is 1. The number of rotatable bonds is 3. The average Bonchev–Trinajstić information content (AvgIpc) is 2.85. The van der Waals surface area contributed by atoms with E-state index in [0.29, 0.717) is 10.9 Å². The van der Waals surface area contributed by atoms with Gasteiger partial charge >= 0.3 is 6.03 Å². The normalized spacial score (nSPS) is 17.7. The molecular weight excluding hydrogens is 352 g/mol. The number of aliphatic imine (C=N–C) groups is 1. The Balaban J connectivity index is 2.04. The van der Waals surface area contributed by atoms with E-state index in [0.717, 1.165) is 4.57 Å². The minimum atomic E-state index is -0.913. The van der Waals surface area contributed by atoms with Crippen molar-refractivity contribution in [2.75, 3.05) is 0 Å². The Labute approximate surface area is 154 Å². The lowest BCUT2D eigenvalue weighted by Gasteiger charge is -2.23. The second-order valence-corrected chi connectivity index (χ2v) is 6.62. The van der Waals surface area contributed by atoms with E-state index < -0.39 is 23.9 Å². The van der Waals surface area contributed by atoms with Crippen LogP contribution >= 0.6 is 0 Å². The fraction of sp³-hybridized carbons (Fsp3) is 0.333. The number of carbonyl (C=O) groups is 3. The fourth-order valence-corrected chi connectivity index (χ4v) is 3.10. The van der Waals surface area contributed by atoms with Gasteiger partial charge in [0, 0.05) is 29.6 Å². The minimum Gasteiger partial charge on any atom is -0.494 e. The number of hydrogen-bond donors (Lipinski definition) is 4. The van der Waals surface area contributed by atoms with Gasteiger partial charge in [0.1, 0.15) is 6.04 Å². The lowest BCUT2D eigenvalue weighted by atomic mass is 10.1. The molecule has 0 spiro atoms. The molecule has 1 aromatic heterocycles. The molecule has 9 nitrogen and oxygen atoms in total. The maximum Gasteiger partial charge on any atom is 0.341 e. The highest BCUT2D eigenvalue weighted by molar-refractivity contribution is 6.08. The number of imide groups is 1. The van der Waals surface area contributed by atoms with Gasteiger partial charge in [-0.3, -0.25) is 19.5 Å². The van der Waals surface area contributed by atoms with Crippen LogP contribution in [-0.2, 0) is 9.59 Å². The van der Waals surface area contributed by atoms with Gasteiger partial charge in [-0.05, 0) is 26.3 Å². The molecule has 9 heteroatoms.